The van der Waals surface area contributed by atoms with E-state index in [-0.39, 0.29) is 29.3 Å². The third-order valence-electron chi connectivity index (χ3n) is 3.96. The van der Waals surface area contributed by atoms with Gasteiger partial charge in [0.05, 0.1) is 6.10 Å². The topological polar surface area (TPSA) is 104 Å². The van der Waals surface area contributed by atoms with Crippen LogP contribution in [0.5, 0.6) is 11.5 Å². The van der Waals surface area contributed by atoms with Gasteiger partial charge < -0.3 is 20.5 Å². The van der Waals surface area contributed by atoms with Gasteiger partial charge in [0.2, 0.25) is 11.9 Å². The zero-order valence-corrected chi connectivity index (χ0v) is 17.2. The van der Waals surface area contributed by atoms with Gasteiger partial charge in [-0.3, -0.25) is 4.79 Å². The van der Waals surface area contributed by atoms with Crippen molar-refractivity contribution < 1.29 is 36.2 Å². The lowest BCUT2D eigenvalue weighted by atomic mass is 10.2. The number of hydrogen-bond donors (Lipinski definition) is 2. The summed E-state index contributed by atoms with van der Waals surface area (Å²) in [7, 11) is 0. The van der Waals surface area contributed by atoms with Crippen molar-refractivity contribution in [3.8, 4) is 11.5 Å². The van der Waals surface area contributed by atoms with Crippen molar-refractivity contribution in [2.45, 2.75) is 32.2 Å². The first-order chi connectivity index (χ1) is 15.4. The Bertz CT molecular complexity index is 1130. The lowest BCUT2D eigenvalue weighted by molar-refractivity contribution is -0.360. The van der Waals surface area contributed by atoms with Crippen molar-refractivity contribution in [3.63, 3.8) is 0 Å². The number of halogens is 5. The average Bonchev–Trinajstić information content (AvgIpc) is 3.06. The molecule has 0 atom stereocenters. The quantitative estimate of drug-likeness (QED) is 0.485. The van der Waals surface area contributed by atoms with Crippen LogP contribution in [0.2, 0.25) is 0 Å². The molecule has 3 rings (SSSR count). The summed E-state index contributed by atoms with van der Waals surface area (Å²) in [5.41, 5.74) is 6.00. The van der Waals surface area contributed by atoms with Gasteiger partial charge in [-0.05, 0) is 50.2 Å². The Morgan fingerprint density at radius 1 is 1.06 bits per heavy atom. The van der Waals surface area contributed by atoms with Crippen LogP contribution in [0.4, 0.5) is 39.5 Å². The van der Waals surface area contributed by atoms with E-state index in [0.29, 0.717) is 5.75 Å². The van der Waals surface area contributed by atoms with Gasteiger partial charge in [0, 0.05) is 17.3 Å². The lowest BCUT2D eigenvalue weighted by Crippen LogP contribution is -2.41. The van der Waals surface area contributed by atoms with E-state index in [1.54, 1.807) is 12.1 Å². The monoisotopic (exact) mass is 471 g/mol. The average molecular weight is 471 g/mol. The zero-order valence-electron chi connectivity index (χ0n) is 17.2. The van der Waals surface area contributed by atoms with Gasteiger partial charge in [0.1, 0.15) is 11.5 Å². The van der Waals surface area contributed by atoms with Gasteiger partial charge in [0.15, 0.2) is 0 Å². The molecular weight excluding hydrogens is 453 g/mol. The van der Waals surface area contributed by atoms with E-state index < -0.39 is 23.9 Å². The van der Waals surface area contributed by atoms with Crippen LogP contribution < -0.4 is 20.5 Å². The number of alkyl halides is 5. The predicted molar refractivity (Wildman–Crippen MR) is 108 cm³/mol. The fraction of sp³-hybridized carbons (Fsp3) is 0.250. The number of anilines is 3. The Kier molecular flexibility index (Phi) is 6.42. The SMILES string of the molecule is CC(C)Oc1ccc(C(=O)n2nc(Nc3cccc(OC(F)(F)C(F)(F)F)c3)nc2N)cc1. The van der Waals surface area contributed by atoms with Gasteiger partial charge >= 0.3 is 12.3 Å². The molecule has 1 heterocycles. The van der Waals surface area contributed by atoms with Crippen molar-refractivity contribution in [3.05, 3.63) is 54.1 Å². The molecule has 33 heavy (non-hydrogen) atoms. The van der Waals surface area contributed by atoms with E-state index in [9.17, 15) is 26.7 Å². The number of carbonyl (C=O) groups excluding carboxylic acids is 1. The molecule has 3 N–H and O–H groups in total. The minimum atomic E-state index is -5.88. The Morgan fingerprint density at radius 3 is 2.33 bits per heavy atom. The molecule has 0 aliphatic heterocycles. The molecule has 3 aromatic rings. The minimum Gasteiger partial charge on any atom is -0.491 e. The van der Waals surface area contributed by atoms with E-state index in [1.165, 1.54) is 24.3 Å². The molecule has 0 fully saturated rings. The maximum Gasteiger partial charge on any atom is 0.499 e. The molecular formula is C20H18F5N5O3. The third-order valence-corrected chi connectivity index (χ3v) is 3.96. The van der Waals surface area contributed by atoms with Crippen molar-refractivity contribution in [1.29, 1.82) is 0 Å². The van der Waals surface area contributed by atoms with Gasteiger partial charge in [0.25, 0.3) is 5.91 Å². The summed E-state index contributed by atoms with van der Waals surface area (Å²) in [6.45, 7) is 3.71. The summed E-state index contributed by atoms with van der Waals surface area (Å²) in [4.78, 5) is 16.5. The van der Waals surface area contributed by atoms with Crippen molar-refractivity contribution in [1.82, 2.24) is 14.8 Å². The summed E-state index contributed by atoms with van der Waals surface area (Å²) in [5.74, 6) is -1.27. The van der Waals surface area contributed by atoms with E-state index in [4.69, 9.17) is 10.5 Å². The maximum absolute atomic E-state index is 13.1. The number of nitrogen functional groups attached to an aromatic ring is 1. The van der Waals surface area contributed by atoms with Crippen LogP contribution in [0, 0.1) is 0 Å². The van der Waals surface area contributed by atoms with Gasteiger partial charge in [-0.2, -0.15) is 31.6 Å². The Hall–Kier alpha value is -3.90. The van der Waals surface area contributed by atoms with Gasteiger partial charge in [-0.1, -0.05) is 6.07 Å². The number of aromatic nitrogens is 3. The van der Waals surface area contributed by atoms with Gasteiger partial charge in [-0.15, -0.1) is 5.10 Å². The number of nitrogens with zero attached hydrogens (tertiary/aromatic N) is 3. The number of hydrogen-bond acceptors (Lipinski definition) is 7. The maximum atomic E-state index is 13.1. The normalized spacial score (nSPS) is 12.0. The molecule has 0 bridgehead atoms. The van der Waals surface area contributed by atoms with Crippen LogP contribution in [-0.2, 0) is 0 Å². The highest BCUT2D eigenvalue weighted by atomic mass is 19.4. The lowest BCUT2D eigenvalue weighted by Gasteiger charge is -2.20. The first-order valence-electron chi connectivity index (χ1n) is 9.40. The number of carbonyl (C=O) groups is 1. The molecule has 0 saturated heterocycles. The molecule has 0 unspecified atom stereocenters. The predicted octanol–water partition coefficient (Wildman–Crippen LogP) is 4.61. The fourth-order valence-electron chi connectivity index (χ4n) is 2.57. The highest BCUT2D eigenvalue weighted by molar-refractivity contribution is 5.97. The zero-order chi connectivity index (χ0) is 24.4. The second kappa shape index (κ2) is 8.92. The van der Waals surface area contributed by atoms with Crippen molar-refractivity contribution >= 4 is 23.5 Å². The van der Waals surface area contributed by atoms with Crippen LogP contribution in [0.25, 0.3) is 0 Å². The second-order valence-electron chi connectivity index (χ2n) is 6.97. The van der Waals surface area contributed by atoms with Gasteiger partial charge in [-0.25, -0.2) is 0 Å². The molecule has 176 valence electrons. The van der Waals surface area contributed by atoms with Crippen molar-refractivity contribution in [2.24, 2.45) is 0 Å². The molecule has 0 radical (unpaired) electrons. The molecule has 0 aliphatic rings. The largest absolute Gasteiger partial charge is 0.499 e. The van der Waals surface area contributed by atoms with Crippen molar-refractivity contribution in [2.75, 3.05) is 11.1 Å². The first kappa shape index (κ1) is 23.8. The van der Waals surface area contributed by atoms with Crippen LogP contribution in [-0.4, -0.2) is 39.1 Å². The molecule has 1 aromatic heterocycles. The van der Waals surface area contributed by atoms with E-state index >= 15 is 0 Å². The Morgan fingerprint density at radius 2 is 1.73 bits per heavy atom. The summed E-state index contributed by atoms with van der Waals surface area (Å²) >= 11 is 0. The number of benzene rings is 2. The fourth-order valence-corrected chi connectivity index (χ4v) is 2.57. The van der Waals surface area contributed by atoms with Crippen LogP contribution in [0.1, 0.15) is 24.2 Å². The summed E-state index contributed by atoms with van der Waals surface area (Å²) in [5, 5.41) is 6.48. The summed E-state index contributed by atoms with van der Waals surface area (Å²) in [6, 6.07) is 10.5. The highest BCUT2D eigenvalue weighted by Crippen LogP contribution is 2.37. The van der Waals surface area contributed by atoms with E-state index in [1.807, 2.05) is 13.8 Å². The van der Waals surface area contributed by atoms with Crippen LogP contribution >= 0.6 is 0 Å². The molecule has 0 aliphatic carbocycles. The number of nitrogens with two attached hydrogens (primary N) is 1. The van der Waals surface area contributed by atoms with Crippen LogP contribution in [0.15, 0.2) is 48.5 Å². The van der Waals surface area contributed by atoms with E-state index in [2.05, 4.69) is 20.1 Å². The molecule has 8 nitrogen and oxygen atoms in total. The molecule has 0 saturated carbocycles. The number of rotatable bonds is 7. The molecule has 2 aromatic carbocycles. The third kappa shape index (κ3) is 5.67. The smallest absolute Gasteiger partial charge is 0.491 e. The standard InChI is InChI=1S/C20H18F5N5O3/c1-11(2)32-14-8-6-12(7-9-14)16(31)30-17(26)28-18(29-30)27-13-4-3-5-15(10-13)33-20(24,25)19(21,22)23/h3-11H,1-2H3,(H3,26,27,28,29). The van der Waals surface area contributed by atoms with Crippen LogP contribution in [0.3, 0.4) is 0 Å². The summed E-state index contributed by atoms with van der Waals surface area (Å²) < 4.78 is 73.3. The van der Waals surface area contributed by atoms with E-state index in [0.717, 1.165) is 16.8 Å². The molecule has 13 heteroatoms. The highest BCUT2D eigenvalue weighted by Gasteiger charge is 2.61. The molecule has 0 spiro atoms. The summed E-state index contributed by atoms with van der Waals surface area (Å²) in [6.07, 6.45) is -11.3. The Labute approximate surface area is 184 Å². The Balaban J connectivity index is 1.75. The second-order valence-corrected chi connectivity index (χ2v) is 6.97. The number of ether oxygens (including phenoxy) is 2. The minimum absolute atomic E-state index is 0.0188. The number of nitrogens with one attached hydrogen (secondary N) is 1. The first-order valence-corrected chi connectivity index (χ1v) is 9.40. The molecule has 0 amide bonds.